The van der Waals surface area contributed by atoms with Crippen LogP contribution >= 0.6 is 22.9 Å². The first kappa shape index (κ1) is 13.0. The molecule has 0 spiro atoms. The molecule has 1 aliphatic rings. The minimum Gasteiger partial charge on any atom is -0.341 e. The topological polar surface area (TPSA) is 74.9 Å². The fourth-order valence-electron chi connectivity index (χ4n) is 1.85. The lowest BCUT2D eigenvalue weighted by atomic mass is 10.3. The molecular formula is C9H12ClN5O2S. The van der Waals surface area contributed by atoms with Crippen LogP contribution in [-0.4, -0.2) is 45.9 Å². The van der Waals surface area contributed by atoms with Crippen LogP contribution < -0.4 is 0 Å². The van der Waals surface area contributed by atoms with Gasteiger partial charge in [-0.05, 0) is 6.42 Å². The average molecular weight is 290 g/mol. The highest BCUT2D eigenvalue weighted by Gasteiger charge is 2.24. The third-order valence-electron chi connectivity index (χ3n) is 2.59. The summed E-state index contributed by atoms with van der Waals surface area (Å²) >= 11 is 7.14. The van der Waals surface area contributed by atoms with Gasteiger partial charge >= 0.3 is 0 Å². The summed E-state index contributed by atoms with van der Waals surface area (Å²) in [6.07, 6.45) is 2.63. The van der Waals surface area contributed by atoms with Crippen LogP contribution in [-0.2, 0) is 6.54 Å². The lowest BCUT2D eigenvalue weighted by Gasteiger charge is -2.34. The number of nitro groups is 1. The predicted octanol–water partition coefficient (Wildman–Crippen LogP) is 1.48. The molecule has 0 aromatic carbocycles. The third kappa shape index (κ3) is 3.08. The highest BCUT2D eigenvalue weighted by atomic mass is 35.5. The largest absolute Gasteiger partial charge is 0.341 e. The van der Waals surface area contributed by atoms with Crippen molar-refractivity contribution in [2.75, 3.05) is 20.1 Å². The third-order valence-corrected chi connectivity index (χ3v) is 3.69. The van der Waals surface area contributed by atoms with Gasteiger partial charge in [0.05, 0.1) is 6.54 Å². The monoisotopic (exact) mass is 289 g/mol. The van der Waals surface area contributed by atoms with Crippen LogP contribution in [0.15, 0.2) is 11.3 Å². The van der Waals surface area contributed by atoms with Crippen LogP contribution in [0.4, 0.5) is 0 Å². The van der Waals surface area contributed by atoms with E-state index in [0.29, 0.717) is 17.0 Å². The molecule has 18 heavy (non-hydrogen) atoms. The predicted molar refractivity (Wildman–Crippen MR) is 69.2 cm³/mol. The first-order valence-corrected chi connectivity index (χ1v) is 6.55. The Labute approximate surface area is 113 Å². The van der Waals surface area contributed by atoms with E-state index in [1.807, 2.05) is 4.90 Å². The van der Waals surface area contributed by atoms with E-state index >= 15 is 0 Å². The van der Waals surface area contributed by atoms with Crippen LogP contribution in [0.25, 0.3) is 0 Å². The molecule has 0 aliphatic carbocycles. The van der Waals surface area contributed by atoms with Crippen LogP contribution in [0.3, 0.4) is 0 Å². The summed E-state index contributed by atoms with van der Waals surface area (Å²) in [5.74, 6) is 0.385. The van der Waals surface area contributed by atoms with Gasteiger partial charge in [-0.1, -0.05) is 11.6 Å². The standard InChI is InChI=1S/C9H12ClN5O2S/c1-13-3-2-4-14(9(13)12-15(16)17)6-7-5-11-8(10)18-7/h5H,2-4,6H2,1H3. The minimum absolute atomic E-state index is 0.385. The van der Waals surface area contributed by atoms with Crippen LogP contribution in [0.5, 0.6) is 0 Å². The fourth-order valence-corrected chi connectivity index (χ4v) is 2.84. The van der Waals surface area contributed by atoms with Crippen molar-refractivity contribution in [3.05, 3.63) is 25.7 Å². The van der Waals surface area contributed by atoms with E-state index in [1.54, 1.807) is 18.1 Å². The molecule has 1 aromatic rings. The quantitative estimate of drug-likeness (QED) is 0.622. The number of nitrogens with zero attached hydrogens (tertiary/aromatic N) is 5. The number of hydrogen-bond acceptors (Lipinski definition) is 4. The van der Waals surface area contributed by atoms with Crippen molar-refractivity contribution in [3.63, 3.8) is 0 Å². The first-order chi connectivity index (χ1) is 8.56. The molecule has 9 heteroatoms. The molecule has 0 atom stereocenters. The minimum atomic E-state index is -0.663. The van der Waals surface area contributed by atoms with Crippen LogP contribution in [0.2, 0.25) is 4.47 Å². The molecule has 2 rings (SSSR count). The summed E-state index contributed by atoms with van der Waals surface area (Å²) in [6.45, 7) is 2.06. The summed E-state index contributed by atoms with van der Waals surface area (Å²) in [6, 6.07) is 0. The zero-order valence-corrected chi connectivity index (χ0v) is 11.3. The van der Waals surface area contributed by atoms with E-state index in [1.165, 1.54) is 11.3 Å². The smallest absolute Gasteiger partial charge is 0.274 e. The normalized spacial score (nSPS) is 18.4. The highest BCUT2D eigenvalue weighted by molar-refractivity contribution is 7.15. The molecule has 98 valence electrons. The number of thiazole rings is 1. The Hall–Kier alpha value is -1.41. The molecule has 0 saturated carbocycles. The van der Waals surface area contributed by atoms with Gasteiger partial charge < -0.3 is 9.80 Å². The van der Waals surface area contributed by atoms with Gasteiger partial charge in [0, 0.05) is 31.2 Å². The first-order valence-electron chi connectivity index (χ1n) is 5.35. The lowest BCUT2D eigenvalue weighted by molar-refractivity contribution is -0.486. The number of guanidine groups is 1. The van der Waals surface area contributed by atoms with Crippen LogP contribution in [0, 0.1) is 10.1 Å². The van der Waals surface area contributed by atoms with Crippen LogP contribution in [0.1, 0.15) is 11.3 Å². The van der Waals surface area contributed by atoms with Crippen molar-refractivity contribution in [1.82, 2.24) is 14.8 Å². The zero-order chi connectivity index (χ0) is 13.1. The van der Waals surface area contributed by atoms with Gasteiger partial charge in [0.25, 0.3) is 5.96 Å². The molecule has 7 nitrogen and oxygen atoms in total. The van der Waals surface area contributed by atoms with Crippen molar-refractivity contribution < 1.29 is 5.03 Å². The Balaban J connectivity index is 2.15. The van der Waals surface area contributed by atoms with Gasteiger partial charge in [-0.2, -0.15) is 0 Å². The number of halogens is 1. The van der Waals surface area contributed by atoms with Crippen molar-refractivity contribution >= 4 is 28.9 Å². The number of hydrogen-bond donors (Lipinski definition) is 0. The van der Waals surface area contributed by atoms with E-state index in [4.69, 9.17) is 11.6 Å². The molecule has 1 aliphatic heterocycles. The summed E-state index contributed by atoms with van der Waals surface area (Å²) in [5.41, 5.74) is 0. The van der Waals surface area contributed by atoms with Crippen molar-refractivity contribution in [3.8, 4) is 0 Å². The maximum Gasteiger partial charge on any atom is 0.274 e. The van der Waals surface area contributed by atoms with E-state index in [0.717, 1.165) is 24.4 Å². The van der Waals surface area contributed by atoms with Gasteiger partial charge in [-0.15, -0.1) is 11.3 Å². The van der Waals surface area contributed by atoms with Crippen molar-refractivity contribution in [1.29, 1.82) is 0 Å². The summed E-state index contributed by atoms with van der Waals surface area (Å²) in [7, 11) is 1.80. The van der Waals surface area contributed by atoms with Gasteiger partial charge in [0.1, 0.15) is 5.10 Å². The lowest BCUT2D eigenvalue weighted by Crippen LogP contribution is -2.48. The molecule has 1 fully saturated rings. The summed E-state index contributed by atoms with van der Waals surface area (Å²) in [4.78, 5) is 19.1. The van der Waals surface area contributed by atoms with E-state index in [-0.39, 0.29) is 0 Å². The highest BCUT2D eigenvalue weighted by Crippen LogP contribution is 2.21. The SMILES string of the molecule is CN1CCCN(Cc2cnc(Cl)s2)C1=N[N+](=O)[O-]. The molecule has 1 saturated heterocycles. The Kier molecular flexibility index (Phi) is 3.97. The van der Waals surface area contributed by atoms with Gasteiger partial charge in [-0.25, -0.2) is 15.1 Å². The zero-order valence-electron chi connectivity index (χ0n) is 9.74. The average Bonchev–Trinajstić information content (AvgIpc) is 2.69. The second-order valence-electron chi connectivity index (χ2n) is 3.91. The number of aromatic nitrogens is 1. The summed E-state index contributed by atoms with van der Waals surface area (Å²) in [5, 5.41) is 13.3. The Morgan fingerprint density at radius 3 is 3.06 bits per heavy atom. The van der Waals surface area contributed by atoms with Gasteiger partial charge in [0.15, 0.2) is 9.50 Å². The van der Waals surface area contributed by atoms with Gasteiger partial charge in [-0.3, -0.25) is 0 Å². The molecule has 0 amide bonds. The summed E-state index contributed by atoms with van der Waals surface area (Å²) < 4.78 is 0.475. The molecular weight excluding hydrogens is 278 g/mol. The molecule has 0 unspecified atom stereocenters. The Morgan fingerprint density at radius 1 is 1.67 bits per heavy atom. The van der Waals surface area contributed by atoms with Crippen molar-refractivity contribution in [2.24, 2.45) is 5.10 Å². The second kappa shape index (κ2) is 5.49. The molecule has 0 radical (unpaired) electrons. The molecule has 2 heterocycles. The second-order valence-corrected chi connectivity index (χ2v) is 5.61. The number of rotatable bonds is 3. The molecule has 0 N–H and O–H groups in total. The van der Waals surface area contributed by atoms with E-state index in [2.05, 4.69) is 10.1 Å². The van der Waals surface area contributed by atoms with E-state index in [9.17, 15) is 10.1 Å². The molecule has 0 bridgehead atoms. The Morgan fingerprint density at radius 2 is 2.44 bits per heavy atom. The fraction of sp³-hybridized carbons (Fsp3) is 0.556. The number of hydrazone groups is 1. The van der Waals surface area contributed by atoms with Gasteiger partial charge in [0.2, 0.25) is 0 Å². The van der Waals surface area contributed by atoms with Crippen molar-refractivity contribution in [2.45, 2.75) is 13.0 Å². The Bertz CT molecular complexity index is 477. The molecule has 1 aromatic heterocycles. The maximum atomic E-state index is 10.5. The maximum absolute atomic E-state index is 10.5. The van der Waals surface area contributed by atoms with E-state index < -0.39 is 5.03 Å².